The van der Waals surface area contributed by atoms with Crippen LogP contribution < -0.4 is 19.1 Å². The zero-order valence-electron chi connectivity index (χ0n) is 22.9. The number of carbonyl (C=O) groups is 2. The van der Waals surface area contributed by atoms with Gasteiger partial charge in [-0.25, -0.2) is 8.42 Å². The second-order valence-corrected chi connectivity index (χ2v) is 11.6. The van der Waals surface area contributed by atoms with Gasteiger partial charge in [0.2, 0.25) is 21.8 Å². The summed E-state index contributed by atoms with van der Waals surface area (Å²) in [6, 6.07) is 11.8. The van der Waals surface area contributed by atoms with E-state index in [1.165, 1.54) is 19.1 Å². The van der Waals surface area contributed by atoms with Crippen LogP contribution in [-0.4, -0.2) is 64.2 Å². The standard InChI is InChI=1S/C28H39N3O6S/c1-6-24(28(33)29-22-9-7-8-10-22)30(18-21-13-11-20(2)12-14-21)27(32)19-31(38(5,34)35)25-16-15-23(36-3)17-26(25)37-4/h11-17,22,24H,6-10,18-19H2,1-5H3,(H,29,33). The average Bonchev–Trinajstić information content (AvgIpc) is 3.40. The van der Waals surface area contributed by atoms with Crippen molar-refractivity contribution in [3.63, 3.8) is 0 Å². The number of anilines is 1. The quantitative estimate of drug-likeness (QED) is 0.437. The van der Waals surface area contributed by atoms with Crippen molar-refractivity contribution in [1.82, 2.24) is 10.2 Å². The lowest BCUT2D eigenvalue weighted by molar-refractivity contribution is -0.140. The van der Waals surface area contributed by atoms with Gasteiger partial charge in [-0.15, -0.1) is 0 Å². The summed E-state index contributed by atoms with van der Waals surface area (Å²) >= 11 is 0. The van der Waals surface area contributed by atoms with Gasteiger partial charge < -0.3 is 19.7 Å². The van der Waals surface area contributed by atoms with Crippen LogP contribution >= 0.6 is 0 Å². The minimum atomic E-state index is -3.88. The largest absolute Gasteiger partial charge is 0.497 e. The number of amides is 2. The summed E-state index contributed by atoms with van der Waals surface area (Å²) in [5, 5.41) is 3.11. The molecule has 1 atom stereocenters. The predicted molar refractivity (Wildman–Crippen MR) is 148 cm³/mol. The van der Waals surface area contributed by atoms with Crippen LogP contribution in [0.2, 0.25) is 0 Å². The Morgan fingerprint density at radius 1 is 1.05 bits per heavy atom. The van der Waals surface area contributed by atoms with Crippen molar-refractivity contribution in [2.24, 2.45) is 0 Å². The summed E-state index contributed by atoms with van der Waals surface area (Å²) in [4.78, 5) is 28.7. The van der Waals surface area contributed by atoms with Gasteiger partial charge in [0.25, 0.3) is 0 Å². The Morgan fingerprint density at radius 2 is 1.71 bits per heavy atom. The number of methoxy groups -OCH3 is 2. The second-order valence-electron chi connectivity index (χ2n) is 9.73. The number of benzene rings is 2. The summed E-state index contributed by atoms with van der Waals surface area (Å²) in [5.74, 6) is 0.0368. The zero-order valence-corrected chi connectivity index (χ0v) is 23.7. The Bertz CT molecular complexity index is 1210. The number of sulfonamides is 1. The minimum Gasteiger partial charge on any atom is -0.497 e. The smallest absolute Gasteiger partial charge is 0.244 e. The van der Waals surface area contributed by atoms with Crippen LogP contribution in [0.4, 0.5) is 5.69 Å². The molecule has 0 aliphatic heterocycles. The number of carbonyl (C=O) groups excluding carboxylic acids is 2. The van der Waals surface area contributed by atoms with Crippen molar-refractivity contribution in [1.29, 1.82) is 0 Å². The Morgan fingerprint density at radius 3 is 2.26 bits per heavy atom. The van der Waals surface area contributed by atoms with Crippen molar-refractivity contribution < 1.29 is 27.5 Å². The third-order valence-corrected chi connectivity index (χ3v) is 8.02. The molecule has 1 unspecified atom stereocenters. The number of hydrogen-bond donors (Lipinski definition) is 1. The molecular formula is C28H39N3O6S. The number of ether oxygens (including phenoxy) is 2. The summed E-state index contributed by atoms with van der Waals surface area (Å²) in [6.45, 7) is 3.52. The normalized spacial score (nSPS) is 14.6. The zero-order chi connectivity index (χ0) is 27.9. The first-order valence-electron chi connectivity index (χ1n) is 12.9. The van der Waals surface area contributed by atoms with Crippen LogP contribution in [0.25, 0.3) is 0 Å². The molecule has 3 rings (SSSR count). The molecular weight excluding hydrogens is 506 g/mol. The van der Waals surface area contributed by atoms with Gasteiger partial charge in [0.1, 0.15) is 24.1 Å². The molecule has 208 valence electrons. The Balaban J connectivity index is 1.96. The van der Waals surface area contributed by atoms with E-state index in [2.05, 4.69) is 5.32 Å². The van der Waals surface area contributed by atoms with E-state index >= 15 is 0 Å². The summed E-state index contributed by atoms with van der Waals surface area (Å²) in [6.07, 6.45) is 5.42. The van der Waals surface area contributed by atoms with E-state index in [0.29, 0.717) is 12.2 Å². The highest BCUT2D eigenvalue weighted by Crippen LogP contribution is 2.34. The lowest BCUT2D eigenvalue weighted by Crippen LogP contribution is -2.53. The first-order valence-corrected chi connectivity index (χ1v) is 14.8. The van der Waals surface area contributed by atoms with Gasteiger partial charge in [-0.05, 0) is 43.9 Å². The van der Waals surface area contributed by atoms with Crippen molar-refractivity contribution in [3.8, 4) is 11.5 Å². The maximum atomic E-state index is 13.9. The molecule has 1 aliphatic rings. The fourth-order valence-corrected chi connectivity index (χ4v) is 5.62. The van der Waals surface area contributed by atoms with E-state index in [1.807, 2.05) is 38.1 Å². The third-order valence-electron chi connectivity index (χ3n) is 6.90. The van der Waals surface area contributed by atoms with E-state index < -0.39 is 28.5 Å². The Labute approximate surface area is 226 Å². The topological polar surface area (TPSA) is 105 Å². The highest BCUT2D eigenvalue weighted by molar-refractivity contribution is 7.92. The molecule has 2 aromatic rings. The molecule has 0 radical (unpaired) electrons. The van der Waals surface area contributed by atoms with Crippen LogP contribution in [0.15, 0.2) is 42.5 Å². The van der Waals surface area contributed by atoms with Gasteiger partial charge in [0.15, 0.2) is 0 Å². The molecule has 0 aromatic heterocycles. The van der Waals surface area contributed by atoms with Gasteiger partial charge in [0, 0.05) is 18.7 Å². The van der Waals surface area contributed by atoms with Crippen LogP contribution in [0.3, 0.4) is 0 Å². The van der Waals surface area contributed by atoms with Gasteiger partial charge in [-0.1, -0.05) is 49.6 Å². The van der Waals surface area contributed by atoms with Crippen molar-refractivity contribution in [2.45, 2.75) is 64.6 Å². The highest BCUT2D eigenvalue weighted by atomic mass is 32.2. The molecule has 38 heavy (non-hydrogen) atoms. The summed E-state index contributed by atoms with van der Waals surface area (Å²) in [7, 11) is -0.966. The van der Waals surface area contributed by atoms with Crippen LogP contribution in [0.5, 0.6) is 11.5 Å². The van der Waals surface area contributed by atoms with Crippen LogP contribution in [-0.2, 0) is 26.2 Å². The molecule has 9 nitrogen and oxygen atoms in total. The van der Waals surface area contributed by atoms with E-state index in [0.717, 1.165) is 47.4 Å². The number of nitrogens with one attached hydrogen (secondary N) is 1. The van der Waals surface area contributed by atoms with Crippen LogP contribution in [0, 0.1) is 6.92 Å². The van der Waals surface area contributed by atoms with Crippen molar-refractivity contribution in [2.75, 3.05) is 31.3 Å². The molecule has 2 amide bonds. The fourth-order valence-electron chi connectivity index (χ4n) is 4.76. The van der Waals surface area contributed by atoms with E-state index in [1.54, 1.807) is 18.2 Å². The van der Waals surface area contributed by atoms with E-state index in [9.17, 15) is 18.0 Å². The molecule has 1 aliphatic carbocycles. The molecule has 1 saturated carbocycles. The Hall–Kier alpha value is -3.27. The van der Waals surface area contributed by atoms with Gasteiger partial charge in [-0.3, -0.25) is 13.9 Å². The first-order chi connectivity index (χ1) is 18.1. The molecule has 10 heteroatoms. The lowest BCUT2D eigenvalue weighted by Gasteiger charge is -2.33. The number of aryl methyl sites for hydroxylation is 1. The van der Waals surface area contributed by atoms with Crippen molar-refractivity contribution >= 4 is 27.5 Å². The maximum Gasteiger partial charge on any atom is 0.244 e. The molecule has 2 aromatic carbocycles. The molecule has 0 bridgehead atoms. The highest BCUT2D eigenvalue weighted by Gasteiger charge is 2.33. The Kier molecular flexibility index (Phi) is 10.0. The van der Waals surface area contributed by atoms with E-state index in [4.69, 9.17) is 9.47 Å². The number of nitrogens with zero attached hydrogens (tertiary/aromatic N) is 2. The van der Waals surface area contributed by atoms with Crippen LogP contribution in [0.1, 0.15) is 50.2 Å². The third kappa shape index (κ3) is 7.40. The molecule has 1 N–H and O–H groups in total. The lowest BCUT2D eigenvalue weighted by atomic mass is 10.1. The minimum absolute atomic E-state index is 0.101. The van der Waals surface area contributed by atoms with Gasteiger partial charge >= 0.3 is 0 Å². The predicted octanol–water partition coefficient (Wildman–Crippen LogP) is 3.64. The fraction of sp³-hybridized carbons (Fsp3) is 0.500. The van der Waals surface area contributed by atoms with Gasteiger partial charge in [-0.2, -0.15) is 0 Å². The SMILES string of the molecule is CCC(C(=O)NC1CCCC1)N(Cc1ccc(C)cc1)C(=O)CN(c1ccc(OC)cc1OC)S(C)(=O)=O. The van der Waals surface area contributed by atoms with Crippen molar-refractivity contribution in [3.05, 3.63) is 53.6 Å². The molecule has 0 saturated heterocycles. The monoisotopic (exact) mass is 545 g/mol. The molecule has 0 spiro atoms. The average molecular weight is 546 g/mol. The first kappa shape index (κ1) is 29.3. The number of rotatable bonds is 12. The second kappa shape index (κ2) is 13.0. The summed E-state index contributed by atoms with van der Waals surface area (Å²) < 4.78 is 37.5. The number of hydrogen-bond acceptors (Lipinski definition) is 6. The molecule has 1 fully saturated rings. The van der Waals surface area contributed by atoms with E-state index in [-0.39, 0.29) is 29.9 Å². The summed E-state index contributed by atoms with van der Waals surface area (Å²) in [5.41, 5.74) is 2.14. The molecule has 0 heterocycles. The van der Waals surface area contributed by atoms with Gasteiger partial charge in [0.05, 0.1) is 26.2 Å². The maximum absolute atomic E-state index is 13.9.